The van der Waals surface area contributed by atoms with Gasteiger partial charge >= 0.3 is 7.60 Å². The third-order valence-electron chi connectivity index (χ3n) is 2.87. The Labute approximate surface area is 123 Å². The molecule has 2 rings (SSSR count). The summed E-state index contributed by atoms with van der Waals surface area (Å²) in [5.74, 6) is -0.0456. The lowest BCUT2D eigenvalue weighted by atomic mass is 10.2. The molecule has 2 heterocycles. The van der Waals surface area contributed by atoms with Crippen molar-refractivity contribution in [3.63, 3.8) is 0 Å². The number of aliphatic hydroxyl groups excluding tert-OH is 1. The van der Waals surface area contributed by atoms with Gasteiger partial charge in [-0.05, 0) is 6.42 Å². The second-order valence-corrected chi connectivity index (χ2v) is 6.20. The quantitative estimate of drug-likeness (QED) is 0.381. The minimum absolute atomic E-state index is 0.0456. The molecule has 122 valence electrons. The molecule has 1 atom stereocenters. The maximum absolute atomic E-state index is 11.6. The highest BCUT2D eigenvalue weighted by molar-refractivity contribution is 7.51. The highest BCUT2D eigenvalue weighted by Gasteiger charge is 2.18. The largest absolute Gasteiger partial charge is 0.394 e. The maximum Gasteiger partial charge on any atom is 0.350 e. The average molecular weight is 333 g/mol. The van der Waals surface area contributed by atoms with Crippen molar-refractivity contribution in [1.82, 2.24) is 19.5 Å². The van der Waals surface area contributed by atoms with E-state index >= 15 is 0 Å². The summed E-state index contributed by atoms with van der Waals surface area (Å²) in [7, 11) is -4.30. The molecule has 0 aliphatic rings. The van der Waals surface area contributed by atoms with Gasteiger partial charge in [-0.25, -0.2) is 4.98 Å². The lowest BCUT2D eigenvalue weighted by Gasteiger charge is -2.16. The van der Waals surface area contributed by atoms with Gasteiger partial charge in [-0.15, -0.1) is 0 Å². The third kappa shape index (κ3) is 4.12. The first-order chi connectivity index (χ1) is 10.3. The van der Waals surface area contributed by atoms with Crippen molar-refractivity contribution < 1.29 is 24.2 Å². The van der Waals surface area contributed by atoms with Gasteiger partial charge in [0.1, 0.15) is 6.35 Å². The monoisotopic (exact) mass is 333 g/mol. The zero-order valence-corrected chi connectivity index (χ0v) is 12.3. The van der Waals surface area contributed by atoms with E-state index in [2.05, 4.69) is 15.0 Å². The molecule has 0 aliphatic heterocycles. The van der Waals surface area contributed by atoms with Crippen LogP contribution in [0, 0.1) is 0 Å². The number of fused-ring (bicyclic) bond motifs is 1. The number of hydrogen-bond acceptors (Lipinski definition) is 7. The van der Waals surface area contributed by atoms with Crippen LogP contribution in [0.3, 0.4) is 0 Å². The van der Waals surface area contributed by atoms with Crippen LogP contribution in [0.15, 0.2) is 11.1 Å². The van der Waals surface area contributed by atoms with Crippen molar-refractivity contribution in [2.45, 2.75) is 19.1 Å². The molecule has 6 N–H and O–H groups in total. The third-order valence-corrected chi connectivity index (χ3v) is 3.35. The molecule has 11 nitrogen and oxygen atoms in total. The van der Waals surface area contributed by atoms with Gasteiger partial charge in [-0.2, -0.15) is 4.98 Å². The molecule has 1 unspecified atom stereocenters. The van der Waals surface area contributed by atoms with Crippen LogP contribution in [-0.4, -0.2) is 53.5 Å². The molecular formula is C10H16N5O6P. The first-order valence-corrected chi connectivity index (χ1v) is 8.07. The van der Waals surface area contributed by atoms with Crippen molar-refractivity contribution >= 4 is 24.7 Å². The van der Waals surface area contributed by atoms with E-state index in [1.807, 2.05) is 0 Å². The summed E-state index contributed by atoms with van der Waals surface area (Å²) >= 11 is 0. The van der Waals surface area contributed by atoms with Crippen LogP contribution >= 0.6 is 7.60 Å². The SMILES string of the molecule is Nc1nc2c(ncn2CCC(CO)OCP(=O)(O)O)c(=O)[nH]1. The molecule has 0 fully saturated rings. The van der Waals surface area contributed by atoms with Crippen molar-refractivity contribution in [3.05, 3.63) is 16.7 Å². The number of nitrogens with zero attached hydrogens (tertiary/aromatic N) is 3. The Morgan fingerprint density at radius 3 is 2.86 bits per heavy atom. The number of aromatic amines is 1. The Bertz CT molecular complexity index is 752. The number of aliphatic hydroxyl groups is 1. The van der Waals surface area contributed by atoms with E-state index in [9.17, 15) is 9.36 Å². The van der Waals surface area contributed by atoms with Crippen molar-refractivity contribution in [2.24, 2.45) is 0 Å². The zero-order valence-electron chi connectivity index (χ0n) is 11.4. The molecular weight excluding hydrogens is 317 g/mol. The van der Waals surface area contributed by atoms with Crippen LogP contribution in [0.2, 0.25) is 0 Å². The molecule has 2 aromatic heterocycles. The van der Waals surface area contributed by atoms with Crippen LogP contribution in [0.4, 0.5) is 5.95 Å². The predicted molar refractivity (Wildman–Crippen MR) is 76.0 cm³/mol. The van der Waals surface area contributed by atoms with Gasteiger partial charge in [0.25, 0.3) is 5.56 Å². The normalized spacial score (nSPS) is 13.6. The van der Waals surface area contributed by atoms with Crippen LogP contribution < -0.4 is 11.3 Å². The van der Waals surface area contributed by atoms with E-state index in [4.69, 9.17) is 25.4 Å². The number of hydrogen-bond donors (Lipinski definition) is 5. The summed E-state index contributed by atoms with van der Waals surface area (Å²) < 4.78 is 17.2. The number of anilines is 1. The minimum atomic E-state index is -4.30. The number of nitrogens with one attached hydrogen (secondary N) is 1. The molecule has 12 heteroatoms. The highest BCUT2D eigenvalue weighted by Crippen LogP contribution is 2.34. The molecule has 0 aliphatic carbocycles. The molecule has 0 radical (unpaired) electrons. The number of aryl methyl sites for hydroxylation is 1. The predicted octanol–water partition coefficient (Wildman–Crippen LogP) is -1.40. The fraction of sp³-hybridized carbons (Fsp3) is 0.500. The van der Waals surface area contributed by atoms with Gasteiger partial charge in [-0.3, -0.25) is 14.3 Å². The summed E-state index contributed by atoms with van der Waals surface area (Å²) in [6.45, 7) is -0.123. The average Bonchev–Trinajstić information content (AvgIpc) is 2.81. The molecule has 0 amide bonds. The lowest BCUT2D eigenvalue weighted by Crippen LogP contribution is -2.21. The molecule has 2 aromatic rings. The Kier molecular flexibility index (Phi) is 4.94. The van der Waals surface area contributed by atoms with E-state index < -0.39 is 32.2 Å². The number of H-pyrrole nitrogens is 1. The fourth-order valence-electron chi connectivity index (χ4n) is 1.85. The van der Waals surface area contributed by atoms with E-state index in [0.717, 1.165) is 0 Å². The summed E-state index contributed by atoms with van der Waals surface area (Å²) in [5.41, 5.74) is 5.43. The van der Waals surface area contributed by atoms with Crippen LogP contribution in [0.25, 0.3) is 11.2 Å². The van der Waals surface area contributed by atoms with Crippen molar-refractivity contribution in [2.75, 3.05) is 18.7 Å². The molecule has 0 spiro atoms. The van der Waals surface area contributed by atoms with Gasteiger partial charge in [0.15, 0.2) is 11.2 Å². The second-order valence-electron chi connectivity index (χ2n) is 4.62. The maximum atomic E-state index is 11.6. The van der Waals surface area contributed by atoms with Gasteiger partial charge in [0.2, 0.25) is 5.95 Å². The first kappa shape index (κ1) is 16.6. The number of nitrogens with two attached hydrogens (primary N) is 1. The smallest absolute Gasteiger partial charge is 0.350 e. The van der Waals surface area contributed by atoms with E-state index in [-0.39, 0.29) is 30.1 Å². The number of ether oxygens (including phenoxy) is 1. The number of rotatable bonds is 7. The van der Waals surface area contributed by atoms with Crippen LogP contribution in [0.5, 0.6) is 0 Å². The summed E-state index contributed by atoms with van der Waals surface area (Å²) in [5, 5.41) is 9.16. The van der Waals surface area contributed by atoms with Gasteiger partial charge in [0, 0.05) is 6.54 Å². The summed E-state index contributed by atoms with van der Waals surface area (Å²) in [6.07, 6.45) is 0.109. The van der Waals surface area contributed by atoms with Crippen molar-refractivity contribution in [1.29, 1.82) is 0 Å². The van der Waals surface area contributed by atoms with Gasteiger partial charge in [0.05, 0.1) is 19.0 Å². The molecule has 0 aromatic carbocycles. The minimum Gasteiger partial charge on any atom is -0.394 e. The van der Waals surface area contributed by atoms with Crippen molar-refractivity contribution in [3.8, 4) is 0 Å². The first-order valence-electron chi connectivity index (χ1n) is 6.28. The number of imidazole rings is 1. The highest BCUT2D eigenvalue weighted by atomic mass is 31.2. The topological polar surface area (TPSA) is 177 Å². The second kappa shape index (κ2) is 6.55. The number of aromatic nitrogens is 4. The molecule has 22 heavy (non-hydrogen) atoms. The van der Waals surface area contributed by atoms with Gasteiger partial charge in [-0.1, -0.05) is 0 Å². The molecule has 0 bridgehead atoms. The Morgan fingerprint density at radius 1 is 1.50 bits per heavy atom. The Morgan fingerprint density at radius 2 is 2.23 bits per heavy atom. The lowest BCUT2D eigenvalue weighted by molar-refractivity contribution is 0.0227. The fourth-order valence-corrected chi connectivity index (χ4v) is 2.25. The summed E-state index contributed by atoms with van der Waals surface area (Å²) in [6, 6.07) is 0. The van der Waals surface area contributed by atoms with E-state index in [1.54, 1.807) is 4.57 Å². The standard InChI is InChI=1S/C10H16N5O6P/c11-10-13-8-7(9(17)14-10)12-4-15(8)2-1-6(3-16)21-5-22(18,19)20/h4,6,16H,1-3,5H2,(H2,18,19,20)(H3,11,13,14,17). The number of nitrogen functional groups attached to an aromatic ring is 1. The summed E-state index contributed by atoms with van der Waals surface area (Å²) in [4.78, 5) is 39.3. The molecule has 0 saturated carbocycles. The zero-order chi connectivity index (χ0) is 16.3. The molecule has 0 saturated heterocycles. The van der Waals surface area contributed by atoms with Crippen LogP contribution in [-0.2, 0) is 15.8 Å². The Balaban J connectivity index is 2.07. The van der Waals surface area contributed by atoms with E-state index in [0.29, 0.717) is 0 Å². The van der Waals surface area contributed by atoms with Crippen LogP contribution in [0.1, 0.15) is 6.42 Å². The Hall–Kier alpha value is -1.78. The van der Waals surface area contributed by atoms with E-state index in [1.165, 1.54) is 6.33 Å². The van der Waals surface area contributed by atoms with Gasteiger partial charge < -0.3 is 29.9 Å².